The number of rotatable bonds is 5. The minimum atomic E-state index is 0.194. The van der Waals surface area contributed by atoms with Gasteiger partial charge in [-0.25, -0.2) is 0 Å². The van der Waals surface area contributed by atoms with Gasteiger partial charge in [-0.3, -0.25) is 4.79 Å². The molecule has 2 nitrogen and oxygen atoms in total. The first-order chi connectivity index (χ1) is 6.40. The second-order valence-electron chi connectivity index (χ2n) is 5.14. The van der Waals surface area contributed by atoms with E-state index in [0.717, 1.165) is 25.8 Å². The van der Waals surface area contributed by atoms with Crippen molar-refractivity contribution in [2.24, 2.45) is 11.3 Å². The van der Waals surface area contributed by atoms with Crippen LogP contribution in [0.1, 0.15) is 53.9 Å². The number of hydrogen-bond donors (Lipinski definition) is 1. The maximum Gasteiger partial charge on any atom is 0.223 e. The zero-order chi connectivity index (χ0) is 11.2. The average Bonchev–Trinajstić information content (AvgIpc) is 2.01. The zero-order valence-electron chi connectivity index (χ0n) is 10.3. The van der Waals surface area contributed by atoms with Crippen LogP contribution in [0.3, 0.4) is 0 Å². The molecule has 1 atom stereocenters. The van der Waals surface area contributed by atoms with E-state index in [4.69, 9.17) is 0 Å². The van der Waals surface area contributed by atoms with Gasteiger partial charge in [0.2, 0.25) is 5.91 Å². The van der Waals surface area contributed by atoms with Crippen molar-refractivity contribution in [3.63, 3.8) is 0 Å². The average molecular weight is 199 g/mol. The molecule has 0 aliphatic heterocycles. The Labute approximate surface area is 88.5 Å². The molecule has 0 aromatic carbocycles. The van der Waals surface area contributed by atoms with Gasteiger partial charge in [0.05, 0.1) is 0 Å². The number of hydrogen-bond acceptors (Lipinski definition) is 1. The van der Waals surface area contributed by atoms with E-state index in [-0.39, 0.29) is 17.2 Å². The third-order valence-corrected chi connectivity index (χ3v) is 2.22. The Morgan fingerprint density at radius 3 is 2.21 bits per heavy atom. The van der Waals surface area contributed by atoms with Crippen LogP contribution >= 0.6 is 0 Å². The van der Waals surface area contributed by atoms with Crippen LogP contribution in [-0.4, -0.2) is 12.5 Å². The molecule has 2 heteroatoms. The summed E-state index contributed by atoms with van der Waals surface area (Å²) in [5.41, 5.74) is 0.241. The van der Waals surface area contributed by atoms with Gasteiger partial charge in [-0.2, -0.15) is 0 Å². The molecule has 0 fully saturated rings. The standard InChI is InChI=1S/C12H25NO/c1-6-8-10(9-12(3,4)5)11(14)13-7-2/h10H,6-9H2,1-5H3,(H,13,14). The summed E-state index contributed by atoms with van der Waals surface area (Å²) in [5.74, 6) is 0.421. The molecule has 1 amide bonds. The van der Waals surface area contributed by atoms with Gasteiger partial charge in [0.25, 0.3) is 0 Å². The topological polar surface area (TPSA) is 29.1 Å². The molecule has 14 heavy (non-hydrogen) atoms. The van der Waals surface area contributed by atoms with Crippen molar-refractivity contribution >= 4 is 5.91 Å². The van der Waals surface area contributed by atoms with Crippen LogP contribution in [0.25, 0.3) is 0 Å². The van der Waals surface area contributed by atoms with Crippen LogP contribution in [0.5, 0.6) is 0 Å². The number of carbonyl (C=O) groups excluding carboxylic acids is 1. The predicted molar refractivity (Wildman–Crippen MR) is 61.2 cm³/mol. The molecular weight excluding hydrogens is 174 g/mol. The van der Waals surface area contributed by atoms with Crippen LogP contribution in [0.4, 0.5) is 0 Å². The fraction of sp³-hybridized carbons (Fsp3) is 0.917. The number of nitrogens with one attached hydrogen (secondary N) is 1. The lowest BCUT2D eigenvalue weighted by molar-refractivity contribution is -0.126. The molecule has 1 unspecified atom stereocenters. The smallest absolute Gasteiger partial charge is 0.223 e. The summed E-state index contributed by atoms with van der Waals surface area (Å²) in [5, 5.41) is 2.91. The molecule has 1 N–H and O–H groups in total. The highest BCUT2D eigenvalue weighted by Crippen LogP contribution is 2.27. The highest BCUT2D eigenvalue weighted by Gasteiger charge is 2.23. The molecule has 84 valence electrons. The number of carbonyl (C=O) groups is 1. The highest BCUT2D eigenvalue weighted by molar-refractivity contribution is 5.78. The van der Waals surface area contributed by atoms with Gasteiger partial charge in [0.15, 0.2) is 0 Å². The third-order valence-electron chi connectivity index (χ3n) is 2.22. The molecule has 0 bridgehead atoms. The monoisotopic (exact) mass is 199 g/mol. The Morgan fingerprint density at radius 1 is 1.29 bits per heavy atom. The van der Waals surface area contributed by atoms with Gasteiger partial charge in [0, 0.05) is 12.5 Å². The second-order valence-corrected chi connectivity index (χ2v) is 5.14. The van der Waals surface area contributed by atoms with E-state index in [9.17, 15) is 4.79 Å². The Hall–Kier alpha value is -0.530. The quantitative estimate of drug-likeness (QED) is 0.724. The molecule has 0 heterocycles. The molecule has 0 radical (unpaired) electrons. The van der Waals surface area contributed by atoms with Crippen LogP contribution in [0.15, 0.2) is 0 Å². The van der Waals surface area contributed by atoms with Gasteiger partial charge in [-0.15, -0.1) is 0 Å². The van der Waals surface area contributed by atoms with E-state index >= 15 is 0 Å². The maximum atomic E-state index is 11.7. The molecule has 0 aromatic heterocycles. The van der Waals surface area contributed by atoms with E-state index in [2.05, 4.69) is 33.0 Å². The van der Waals surface area contributed by atoms with Gasteiger partial charge in [-0.1, -0.05) is 34.1 Å². The summed E-state index contributed by atoms with van der Waals surface area (Å²) in [6.45, 7) is 11.4. The minimum absolute atomic E-state index is 0.194. The molecular formula is C12H25NO. The third kappa shape index (κ3) is 6.01. The maximum absolute atomic E-state index is 11.7. The van der Waals surface area contributed by atoms with Gasteiger partial charge in [-0.05, 0) is 25.2 Å². The lowest BCUT2D eigenvalue weighted by Crippen LogP contribution is -2.32. The fourth-order valence-electron chi connectivity index (χ4n) is 1.73. The van der Waals surface area contributed by atoms with Crippen molar-refractivity contribution in [1.29, 1.82) is 0 Å². The minimum Gasteiger partial charge on any atom is -0.356 e. The normalized spacial score (nSPS) is 13.8. The summed E-state index contributed by atoms with van der Waals surface area (Å²) in [7, 11) is 0. The van der Waals surface area contributed by atoms with Crippen molar-refractivity contribution in [2.75, 3.05) is 6.54 Å². The first-order valence-electron chi connectivity index (χ1n) is 5.68. The highest BCUT2D eigenvalue weighted by atomic mass is 16.1. The Balaban J connectivity index is 4.21. The van der Waals surface area contributed by atoms with E-state index in [0.29, 0.717) is 0 Å². The van der Waals surface area contributed by atoms with Crippen LogP contribution in [0, 0.1) is 11.3 Å². The predicted octanol–water partition coefficient (Wildman–Crippen LogP) is 2.98. The summed E-state index contributed by atoms with van der Waals surface area (Å²) in [6, 6.07) is 0. The SMILES string of the molecule is CCCC(CC(C)(C)C)C(=O)NCC. The summed E-state index contributed by atoms with van der Waals surface area (Å²) in [4.78, 5) is 11.7. The van der Waals surface area contributed by atoms with Gasteiger partial charge < -0.3 is 5.32 Å². The molecule has 0 saturated heterocycles. The number of amides is 1. The lowest BCUT2D eigenvalue weighted by atomic mass is 9.82. The lowest BCUT2D eigenvalue weighted by Gasteiger charge is -2.24. The van der Waals surface area contributed by atoms with Crippen molar-refractivity contribution in [3.05, 3.63) is 0 Å². The first kappa shape index (κ1) is 13.5. The van der Waals surface area contributed by atoms with Gasteiger partial charge in [0.1, 0.15) is 0 Å². The zero-order valence-corrected chi connectivity index (χ0v) is 10.3. The summed E-state index contributed by atoms with van der Waals surface area (Å²) in [6.07, 6.45) is 3.06. The Bertz CT molecular complexity index is 170. The molecule has 0 saturated carbocycles. The molecule has 0 spiro atoms. The Morgan fingerprint density at radius 2 is 1.86 bits per heavy atom. The van der Waals surface area contributed by atoms with Gasteiger partial charge >= 0.3 is 0 Å². The van der Waals surface area contributed by atoms with Crippen LogP contribution < -0.4 is 5.32 Å². The Kier molecular flexibility index (Phi) is 5.82. The fourth-order valence-corrected chi connectivity index (χ4v) is 1.73. The van der Waals surface area contributed by atoms with E-state index in [1.165, 1.54) is 0 Å². The van der Waals surface area contributed by atoms with Crippen molar-refractivity contribution in [2.45, 2.75) is 53.9 Å². The molecule has 0 aliphatic carbocycles. The first-order valence-corrected chi connectivity index (χ1v) is 5.68. The van der Waals surface area contributed by atoms with Crippen molar-refractivity contribution in [1.82, 2.24) is 5.32 Å². The largest absolute Gasteiger partial charge is 0.356 e. The van der Waals surface area contributed by atoms with E-state index in [1.807, 2.05) is 6.92 Å². The molecule has 0 aromatic rings. The van der Waals surface area contributed by atoms with Crippen molar-refractivity contribution in [3.8, 4) is 0 Å². The summed E-state index contributed by atoms with van der Waals surface area (Å²) < 4.78 is 0. The summed E-state index contributed by atoms with van der Waals surface area (Å²) >= 11 is 0. The van der Waals surface area contributed by atoms with E-state index in [1.54, 1.807) is 0 Å². The molecule has 0 rings (SSSR count). The van der Waals surface area contributed by atoms with Crippen molar-refractivity contribution < 1.29 is 4.79 Å². The molecule has 0 aliphatic rings. The van der Waals surface area contributed by atoms with Crippen LogP contribution in [0.2, 0.25) is 0 Å². The second kappa shape index (κ2) is 6.05. The van der Waals surface area contributed by atoms with E-state index < -0.39 is 0 Å². The van der Waals surface area contributed by atoms with Crippen LogP contribution in [-0.2, 0) is 4.79 Å².